The van der Waals surface area contributed by atoms with Gasteiger partial charge in [-0.05, 0) is 18.6 Å². The summed E-state index contributed by atoms with van der Waals surface area (Å²) in [6, 6.07) is 7.54. The van der Waals surface area contributed by atoms with Crippen LogP contribution in [0, 0.1) is 0 Å². The van der Waals surface area contributed by atoms with Gasteiger partial charge in [0.2, 0.25) is 0 Å². The quantitative estimate of drug-likeness (QED) is 0.533. The predicted molar refractivity (Wildman–Crippen MR) is 104 cm³/mol. The molecule has 1 aromatic carbocycles. The fraction of sp³-hybridized carbons (Fsp3) is 0.389. The summed E-state index contributed by atoms with van der Waals surface area (Å²) in [5, 5.41) is 3.79. The molecule has 0 fully saturated rings. The second kappa shape index (κ2) is 9.05. The number of nitrogens with zero attached hydrogens (tertiary/aromatic N) is 4. The molecule has 0 saturated carbocycles. The summed E-state index contributed by atoms with van der Waals surface area (Å²) in [7, 11) is 0. The molecule has 27 heavy (non-hydrogen) atoms. The minimum absolute atomic E-state index is 0.0277. The lowest BCUT2D eigenvalue weighted by atomic mass is 10.2. The number of ether oxygens (including phenoxy) is 1. The van der Waals surface area contributed by atoms with E-state index in [9.17, 15) is 9.59 Å². The Morgan fingerprint density at radius 1 is 1.30 bits per heavy atom. The number of aromatic nitrogens is 4. The van der Waals surface area contributed by atoms with Crippen molar-refractivity contribution >= 4 is 40.1 Å². The van der Waals surface area contributed by atoms with E-state index in [0.717, 1.165) is 35.4 Å². The van der Waals surface area contributed by atoms with Gasteiger partial charge in [-0.1, -0.05) is 41.6 Å². The van der Waals surface area contributed by atoms with Crippen molar-refractivity contribution in [3.63, 3.8) is 0 Å². The van der Waals surface area contributed by atoms with Crippen molar-refractivity contribution in [2.45, 2.75) is 45.8 Å². The first-order valence-electron chi connectivity index (χ1n) is 8.71. The normalized spacial score (nSPS) is 11.0. The van der Waals surface area contributed by atoms with Crippen LogP contribution in [0.1, 0.15) is 37.6 Å². The fourth-order valence-corrected chi connectivity index (χ4v) is 3.27. The monoisotopic (exact) mass is 406 g/mol. The summed E-state index contributed by atoms with van der Waals surface area (Å²) in [4.78, 5) is 29.3. The van der Waals surface area contributed by atoms with E-state index in [1.54, 1.807) is 4.57 Å². The number of carbonyl (C=O) groups excluding carboxylic acids is 1. The molecule has 0 unspecified atom stereocenters. The summed E-state index contributed by atoms with van der Waals surface area (Å²) in [6.07, 6.45) is 2.16. The minimum Gasteiger partial charge on any atom is -0.459 e. The lowest BCUT2D eigenvalue weighted by Crippen LogP contribution is -2.26. The highest BCUT2D eigenvalue weighted by Crippen LogP contribution is 2.18. The fourth-order valence-electron chi connectivity index (χ4n) is 2.67. The standard InChI is InChI=1S/C18H19ClN4O3S/c1-2-3-10-23-15-7-5-4-6-12(15)20-13(18(23)25)8-9-16(24)26-11-14-17(19)27-22-21-14/h4-7H,2-3,8-11H2,1H3. The second-order valence-corrected chi connectivity index (χ2v) is 7.37. The van der Waals surface area contributed by atoms with Crippen molar-refractivity contribution in [3.05, 3.63) is 50.3 Å². The second-order valence-electron chi connectivity index (χ2n) is 6.01. The topological polar surface area (TPSA) is 87.0 Å². The molecule has 0 bridgehead atoms. The van der Waals surface area contributed by atoms with Crippen LogP contribution in [0.4, 0.5) is 0 Å². The van der Waals surface area contributed by atoms with Gasteiger partial charge in [0, 0.05) is 24.5 Å². The highest BCUT2D eigenvalue weighted by molar-refractivity contribution is 7.10. The van der Waals surface area contributed by atoms with E-state index in [-0.39, 0.29) is 25.0 Å². The predicted octanol–water partition coefficient (Wildman–Crippen LogP) is 3.38. The highest BCUT2D eigenvalue weighted by Gasteiger charge is 2.14. The minimum atomic E-state index is -0.437. The Bertz CT molecular complexity index is 1000. The van der Waals surface area contributed by atoms with Gasteiger partial charge in [-0.15, -0.1) is 5.10 Å². The number of unbranched alkanes of at least 4 members (excludes halogenated alkanes) is 1. The number of aryl methyl sites for hydroxylation is 2. The maximum absolute atomic E-state index is 12.8. The number of hydrogen-bond donors (Lipinski definition) is 0. The molecule has 0 aliphatic carbocycles. The van der Waals surface area contributed by atoms with Gasteiger partial charge in [0.05, 0.1) is 17.5 Å². The number of para-hydroxylation sites is 2. The lowest BCUT2D eigenvalue weighted by Gasteiger charge is -2.11. The Hall–Kier alpha value is -2.32. The Balaban J connectivity index is 1.72. The van der Waals surface area contributed by atoms with E-state index in [1.165, 1.54) is 0 Å². The Kier molecular flexibility index (Phi) is 6.52. The number of rotatable bonds is 8. The average molecular weight is 407 g/mol. The molecule has 0 atom stereocenters. The van der Waals surface area contributed by atoms with E-state index in [0.29, 0.717) is 22.3 Å². The van der Waals surface area contributed by atoms with Crippen LogP contribution >= 0.6 is 23.1 Å². The van der Waals surface area contributed by atoms with E-state index >= 15 is 0 Å². The largest absolute Gasteiger partial charge is 0.459 e. The number of benzene rings is 1. The third-order valence-corrected chi connectivity index (χ3v) is 5.08. The third-order valence-electron chi connectivity index (χ3n) is 4.10. The van der Waals surface area contributed by atoms with Crippen molar-refractivity contribution < 1.29 is 9.53 Å². The first-order valence-corrected chi connectivity index (χ1v) is 9.86. The Morgan fingerprint density at radius 2 is 2.11 bits per heavy atom. The first kappa shape index (κ1) is 19.4. The summed E-state index contributed by atoms with van der Waals surface area (Å²) in [6.45, 7) is 2.68. The zero-order valence-electron chi connectivity index (χ0n) is 14.9. The Labute approximate surface area is 165 Å². The molecule has 9 heteroatoms. The summed E-state index contributed by atoms with van der Waals surface area (Å²) in [5.41, 5.74) is 2.21. The number of esters is 1. The van der Waals surface area contributed by atoms with Crippen molar-refractivity contribution in [2.75, 3.05) is 0 Å². The zero-order chi connectivity index (χ0) is 19.2. The van der Waals surface area contributed by atoms with Crippen LogP contribution < -0.4 is 5.56 Å². The number of hydrogen-bond acceptors (Lipinski definition) is 7. The van der Waals surface area contributed by atoms with Crippen LogP contribution in [0.2, 0.25) is 4.34 Å². The van der Waals surface area contributed by atoms with E-state index in [1.807, 2.05) is 24.3 Å². The van der Waals surface area contributed by atoms with Crippen LogP contribution in [0.3, 0.4) is 0 Å². The van der Waals surface area contributed by atoms with Gasteiger partial charge in [0.15, 0.2) is 0 Å². The van der Waals surface area contributed by atoms with Gasteiger partial charge in [-0.3, -0.25) is 9.59 Å². The van der Waals surface area contributed by atoms with Crippen LogP contribution in [-0.2, 0) is 29.1 Å². The molecule has 0 amide bonds. The van der Waals surface area contributed by atoms with Crippen molar-refractivity contribution in [3.8, 4) is 0 Å². The number of fused-ring (bicyclic) bond motifs is 1. The smallest absolute Gasteiger partial charge is 0.306 e. The molecule has 0 spiro atoms. The molecule has 2 heterocycles. The van der Waals surface area contributed by atoms with Gasteiger partial charge in [-0.2, -0.15) is 0 Å². The first-order chi connectivity index (χ1) is 13.1. The van der Waals surface area contributed by atoms with Crippen molar-refractivity contribution in [1.82, 2.24) is 19.1 Å². The summed E-state index contributed by atoms with van der Waals surface area (Å²) >= 11 is 6.92. The van der Waals surface area contributed by atoms with Crippen LogP contribution in [0.25, 0.3) is 11.0 Å². The van der Waals surface area contributed by atoms with Gasteiger partial charge in [0.1, 0.15) is 22.3 Å². The van der Waals surface area contributed by atoms with Gasteiger partial charge >= 0.3 is 5.97 Å². The van der Waals surface area contributed by atoms with Crippen molar-refractivity contribution in [2.24, 2.45) is 0 Å². The van der Waals surface area contributed by atoms with E-state index in [2.05, 4.69) is 21.5 Å². The summed E-state index contributed by atoms with van der Waals surface area (Å²) in [5.74, 6) is -0.437. The number of halogens is 1. The molecule has 0 aliphatic rings. The lowest BCUT2D eigenvalue weighted by molar-refractivity contribution is -0.145. The SMILES string of the molecule is CCCCn1c(=O)c(CCC(=O)OCc2nnsc2Cl)nc2ccccc21. The maximum Gasteiger partial charge on any atom is 0.306 e. The zero-order valence-corrected chi connectivity index (χ0v) is 16.4. The third kappa shape index (κ3) is 4.70. The average Bonchev–Trinajstić information content (AvgIpc) is 3.09. The molecule has 0 aliphatic heterocycles. The van der Waals surface area contributed by atoms with E-state index in [4.69, 9.17) is 16.3 Å². The van der Waals surface area contributed by atoms with Crippen LogP contribution in [0.5, 0.6) is 0 Å². The highest BCUT2D eigenvalue weighted by atomic mass is 35.5. The molecule has 7 nitrogen and oxygen atoms in total. The van der Waals surface area contributed by atoms with E-state index < -0.39 is 5.97 Å². The summed E-state index contributed by atoms with van der Waals surface area (Å²) < 4.78 is 11.0. The Morgan fingerprint density at radius 3 is 2.85 bits per heavy atom. The van der Waals surface area contributed by atoms with Crippen molar-refractivity contribution in [1.29, 1.82) is 0 Å². The molecule has 0 radical (unpaired) electrons. The molecule has 3 aromatic rings. The van der Waals surface area contributed by atoms with Gasteiger partial charge < -0.3 is 9.30 Å². The van der Waals surface area contributed by atoms with Gasteiger partial charge in [0.25, 0.3) is 5.56 Å². The molecular formula is C18H19ClN4O3S. The molecule has 2 aromatic heterocycles. The van der Waals surface area contributed by atoms with Crippen LogP contribution in [-0.4, -0.2) is 25.1 Å². The molecular weight excluding hydrogens is 388 g/mol. The molecule has 142 valence electrons. The number of carbonyl (C=O) groups is 1. The molecule has 0 N–H and O–H groups in total. The van der Waals surface area contributed by atoms with Gasteiger partial charge in [-0.25, -0.2) is 4.98 Å². The van der Waals surface area contributed by atoms with Crippen LogP contribution in [0.15, 0.2) is 29.1 Å². The molecule has 3 rings (SSSR count). The maximum atomic E-state index is 12.8. The molecule has 0 saturated heterocycles.